The van der Waals surface area contributed by atoms with Crippen molar-refractivity contribution < 1.29 is 19.0 Å². The number of Topliss-reactive ketones (excluding diaryl/α,β-unsaturated/α-hetero) is 1. The normalized spacial score (nSPS) is 18.0. The van der Waals surface area contributed by atoms with Crippen LogP contribution in [-0.2, 0) is 11.4 Å². The van der Waals surface area contributed by atoms with Crippen molar-refractivity contribution >= 4 is 17.2 Å². The monoisotopic (exact) mass is 532 g/mol. The predicted octanol–water partition coefficient (Wildman–Crippen LogP) is 7.26. The van der Waals surface area contributed by atoms with E-state index in [0.29, 0.717) is 30.9 Å². The van der Waals surface area contributed by atoms with Gasteiger partial charge < -0.3 is 24.8 Å². The van der Waals surface area contributed by atoms with Crippen molar-refractivity contribution in [2.24, 2.45) is 0 Å². The standard InChI is InChI=1S/C34H32N2O4/c1-38-31-16-15-23(20-32(31)39-2)25-18-29-33(30(37)19-25)34(36-28-14-7-6-13-27(28)35-29)24-11-8-12-26(17-24)40-21-22-9-4-3-5-10-22/h3-17,20,25,34-36H,18-19,21H2,1-2H3/t25-,34-/m1/s1. The number of carbonyl (C=O) groups excluding carboxylic acids is 1. The van der Waals surface area contributed by atoms with Crippen LogP contribution in [0.25, 0.3) is 0 Å². The third kappa shape index (κ3) is 5.13. The van der Waals surface area contributed by atoms with E-state index in [0.717, 1.165) is 45.1 Å². The molecule has 202 valence electrons. The van der Waals surface area contributed by atoms with E-state index < -0.39 is 0 Å². The van der Waals surface area contributed by atoms with Crippen molar-refractivity contribution in [3.63, 3.8) is 0 Å². The Hall–Kier alpha value is -4.71. The molecule has 6 heteroatoms. The van der Waals surface area contributed by atoms with E-state index in [2.05, 4.69) is 16.7 Å². The lowest BCUT2D eigenvalue weighted by Gasteiger charge is -2.30. The lowest BCUT2D eigenvalue weighted by Crippen LogP contribution is -2.27. The third-order valence-electron chi connectivity index (χ3n) is 7.63. The fourth-order valence-corrected chi connectivity index (χ4v) is 5.61. The molecule has 6 rings (SSSR count). The maximum absolute atomic E-state index is 13.9. The fourth-order valence-electron chi connectivity index (χ4n) is 5.61. The molecule has 4 aromatic rings. The van der Waals surface area contributed by atoms with Gasteiger partial charge in [0.25, 0.3) is 0 Å². The molecule has 0 radical (unpaired) electrons. The Morgan fingerprint density at radius 1 is 0.750 bits per heavy atom. The van der Waals surface area contributed by atoms with Gasteiger partial charge in [0.05, 0.1) is 31.6 Å². The van der Waals surface area contributed by atoms with Crippen LogP contribution in [0.1, 0.15) is 41.5 Å². The Labute approximate surface area is 234 Å². The molecule has 4 aromatic carbocycles. The first-order valence-electron chi connectivity index (χ1n) is 13.5. The van der Waals surface area contributed by atoms with Crippen molar-refractivity contribution in [1.29, 1.82) is 0 Å². The summed E-state index contributed by atoms with van der Waals surface area (Å²) < 4.78 is 17.1. The number of rotatable bonds is 7. The number of carbonyl (C=O) groups is 1. The third-order valence-corrected chi connectivity index (χ3v) is 7.63. The molecule has 0 bridgehead atoms. The SMILES string of the molecule is COc1ccc([C@H]2CC(=O)C3=C(C2)Nc2ccccc2N[C@@H]3c2cccc(OCc3ccccc3)c2)cc1OC. The Balaban J connectivity index is 1.35. The van der Waals surface area contributed by atoms with Gasteiger partial charge in [-0.2, -0.15) is 0 Å². The Bertz CT molecular complexity index is 1560. The predicted molar refractivity (Wildman–Crippen MR) is 157 cm³/mol. The molecule has 6 nitrogen and oxygen atoms in total. The molecule has 0 unspecified atom stereocenters. The first-order chi connectivity index (χ1) is 19.6. The molecule has 0 fully saturated rings. The van der Waals surface area contributed by atoms with Crippen molar-refractivity contribution in [1.82, 2.24) is 0 Å². The summed E-state index contributed by atoms with van der Waals surface area (Å²) in [5.74, 6) is 2.24. The van der Waals surface area contributed by atoms with Crippen LogP contribution in [-0.4, -0.2) is 20.0 Å². The van der Waals surface area contributed by atoms with E-state index in [9.17, 15) is 4.79 Å². The second-order valence-corrected chi connectivity index (χ2v) is 10.1. The summed E-state index contributed by atoms with van der Waals surface area (Å²) in [5.41, 5.74) is 6.75. The summed E-state index contributed by atoms with van der Waals surface area (Å²) in [4.78, 5) is 13.9. The highest BCUT2D eigenvalue weighted by atomic mass is 16.5. The van der Waals surface area contributed by atoms with Crippen LogP contribution in [0, 0.1) is 0 Å². The second-order valence-electron chi connectivity index (χ2n) is 10.1. The van der Waals surface area contributed by atoms with Crippen LogP contribution in [0.5, 0.6) is 17.2 Å². The average molecular weight is 533 g/mol. The number of hydrogen-bond acceptors (Lipinski definition) is 6. The minimum absolute atomic E-state index is 0.0185. The van der Waals surface area contributed by atoms with Crippen molar-refractivity contribution in [3.8, 4) is 17.2 Å². The lowest BCUT2D eigenvalue weighted by molar-refractivity contribution is -0.116. The summed E-state index contributed by atoms with van der Waals surface area (Å²) in [6, 6.07) is 31.8. The summed E-state index contributed by atoms with van der Waals surface area (Å²) >= 11 is 0. The molecule has 0 saturated heterocycles. The van der Waals surface area contributed by atoms with E-state index in [4.69, 9.17) is 14.2 Å². The van der Waals surface area contributed by atoms with Gasteiger partial charge in [-0.25, -0.2) is 0 Å². The minimum atomic E-state index is -0.315. The maximum atomic E-state index is 13.9. The Kier molecular flexibility index (Phi) is 7.15. The zero-order valence-electron chi connectivity index (χ0n) is 22.6. The van der Waals surface area contributed by atoms with Gasteiger partial charge in [0.2, 0.25) is 0 Å². The Morgan fingerprint density at radius 3 is 2.33 bits per heavy atom. The molecule has 2 N–H and O–H groups in total. The summed E-state index contributed by atoms with van der Waals surface area (Å²) in [7, 11) is 3.26. The van der Waals surface area contributed by atoms with Gasteiger partial charge >= 0.3 is 0 Å². The highest BCUT2D eigenvalue weighted by Crippen LogP contribution is 2.45. The maximum Gasteiger partial charge on any atom is 0.163 e. The smallest absolute Gasteiger partial charge is 0.163 e. The quantitative estimate of drug-likeness (QED) is 0.261. The molecule has 1 aliphatic heterocycles. The molecule has 40 heavy (non-hydrogen) atoms. The van der Waals surface area contributed by atoms with E-state index in [1.165, 1.54) is 0 Å². The van der Waals surface area contributed by atoms with Crippen molar-refractivity contribution in [2.45, 2.75) is 31.4 Å². The van der Waals surface area contributed by atoms with Gasteiger partial charge in [0.15, 0.2) is 17.3 Å². The number of nitrogens with one attached hydrogen (secondary N) is 2. The van der Waals surface area contributed by atoms with E-state index in [1.54, 1.807) is 14.2 Å². The first-order valence-corrected chi connectivity index (χ1v) is 13.5. The molecule has 0 aromatic heterocycles. The largest absolute Gasteiger partial charge is 0.493 e. The number of ketones is 1. The number of benzene rings is 4. The van der Waals surface area contributed by atoms with Crippen LogP contribution in [0.4, 0.5) is 11.4 Å². The van der Waals surface area contributed by atoms with E-state index in [1.807, 2.05) is 91.0 Å². The highest BCUT2D eigenvalue weighted by molar-refractivity contribution is 6.01. The number of ether oxygens (including phenoxy) is 3. The number of allylic oxidation sites excluding steroid dienone is 1. The molecule has 0 saturated carbocycles. The lowest BCUT2D eigenvalue weighted by atomic mass is 9.78. The molecule has 2 aliphatic rings. The number of methoxy groups -OCH3 is 2. The van der Waals surface area contributed by atoms with Gasteiger partial charge in [-0.15, -0.1) is 0 Å². The van der Waals surface area contributed by atoms with Gasteiger partial charge in [-0.05, 0) is 65.4 Å². The topological polar surface area (TPSA) is 68.8 Å². The molecule has 1 heterocycles. The average Bonchev–Trinajstić information content (AvgIpc) is 3.17. The van der Waals surface area contributed by atoms with Crippen molar-refractivity contribution in [3.05, 3.63) is 125 Å². The van der Waals surface area contributed by atoms with Gasteiger partial charge in [0, 0.05) is 17.7 Å². The summed E-state index contributed by atoms with van der Waals surface area (Å²) in [6.45, 7) is 0.479. The summed E-state index contributed by atoms with van der Waals surface area (Å²) in [6.07, 6.45) is 1.11. The van der Waals surface area contributed by atoms with Crippen LogP contribution in [0.2, 0.25) is 0 Å². The number of para-hydroxylation sites is 2. The van der Waals surface area contributed by atoms with Crippen LogP contribution in [0.15, 0.2) is 108 Å². The molecule has 0 spiro atoms. The summed E-state index contributed by atoms with van der Waals surface area (Å²) in [5, 5.41) is 7.27. The number of fused-ring (bicyclic) bond motifs is 1. The van der Waals surface area contributed by atoms with E-state index >= 15 is 0 Å². The van der Waals surface area contributed by atoms with E-state index in [-0.39, 0.29) is 17.7 Å². The first kappa shape index (κ1) is 25.6. The zero-order chi connectivity index (χ0) is 27.5. The molecular weight excluding hydrogens is 500 g/mol. The molecule has 2 atom stereocenters. The fraction of sp³-hybridized carbons (Fsp3) is 0.206. The molecule has 0 amide bonds. The van der Waals surface area contributed by atoms with Gasteiger partial charge in [0.1, 0.15) is 12.4 Å². The van der Waals surface area contributed by atoms with Crippen molar-refractivity contribution in [2.75, 3.05) is 24.9 Å². The number of anilines is 2. The van der Waals surface area contributed by atoms with Gasteiger partial charge in [-0.3, -0.25) is 4.79 Å². The minimum Gasteiger partial charge on any atom is -0.493 e. The van der Waals surface area contributed by atoms with Crippen LogP contribution in [0.3, 0.4) is 0 Å². The van der Waals surface area contributed by atoms with Crippen LogP contribution < -0.4 is 24.8 Å². The second kappa shape index (κ2) is 11.2. The highest BCUT2D eigenvalue weighted by Gasteiger charge is 2.36. The van der Waals surface area contributed by atoms with Crippen LogP contribution >= 0.6 is 0 Å². The zero-order valence-corrected chi connectivity index (χ0v) is 22.6. The molecule has 1 aliphatic carbocycles. The van der Waals surface area contributed by atoms with Gasteiger partial charge in [-0.1, -0.05) is 60.7 Å². The molecular formula is C34H32N2O4. The number of hydrogen-bond donors (Lipinski definition) is 2. The Morgan fingerprint density at radius 2 is 1.52 bits per heavy atom.